The van der Waals surface area contributed by atoms with Gasteiger partial charge >= 0.3 is 0 Å². The van der Waals surface area contributed by atoms with Crippen molar-refractivity contribution >= 4 is 31.9 Å². The number of nitrogens with one attached hydrogen (secondary N) is 1. The van der Waals surface area contributed by atoms with E-state index in [2.05, 4.69) is 49.3 Å². The largest absolute Gasteiger partial charge is 0.310 e. The van der Waals surface area contributed by atoms with E-state index in [4.69, 9.17) is 0 Å². The van der Waals surface area contributed by atoms with Crippen LogP contribution in [0.2, 0.25) is 0 Å². The summed E-state index contributed by atoms with van der Waals surface area (Å²) >= 11 is 7.17. The highest BCUT2D eigenvalue weighted by Crippen LogP contribution is 2.34. The summed E-state index contributed by atoms with van der Waals surface area (Å²) < 4.78 is 2.39. The van der Waals surface area contributed by atoms with Crippen LogP contribution in [0.1, 0.15) is 24.4 Å². The van der Waals surface area contributed by atoms with Gasteiger partial charge in [0, 0.05) is 15.0 Å². The predicted octanol–water partition coefficient (Wildman–Crippen LogP) is 3.64. The standard InChI is InChI=1S/C10H11Br2N/c11-7-3-1-4-8(12)10(7)9-5-2-6-13-9/h1,3-4,9,13H,2,5-6H2/t9-/m1/s1. The molecule has 13 heavy (non-hydrogen) atoms. The van der Waals surface area contributed by atoms with E-state index in [9.17, 15) is 0 Å². The second kappa shape index (κ2) is 4.11. The Labute approximate surface area is 95.2 Å². The summed E-state index contributed by atoms with van der Waals surface area (Å²) in [4.78, 5) is 0. The molecule has 0 aromatic heterocycles. The van der Waals surface area contributed by atoms with Crippen molar-refractivity contribution in [3.8, 4) is 0 Å². The molecule has 1 aliphatic heterocycles. The monoisotopic (exact) mass is 303 g/mol. The predicted molar refractivity (Wildman–Crippen MR) is 61.8 cm³/mol. The van der Waals surface area contributed by atoms with Crippen LogP contribution in [0.3, 0.4) is 0 Å². The highest BCUT2D eigenvalue weighted by molar-refractivity contribution is 9.11. The average Bonchev–Trinajstić information content (AvgIpc) is 2.57. The molecule has 1 aromatic carbocycles. The van der Waals surface area contributed by atoms with E-state index in [0.717, 1.165) is 6.54 Å². The molecule has 1 N–H and O–H groups in total. The van der Waals surface area contributed by atoms with Crippen LogP contribution in [0, 0.1) is 0 Å². The molecule has 1 atom stereocenters. The van der Waals surface area contributed by atoms with Crippen LogP contribution >= 0.6 is 31.9 Å². The molecule has 70 valence electrons. The second-order valence-electron chi connectivity index (χ2n) is 3.28. The summed E-state index contributed by atoms with van der Waals surface area (Å²) in [6.07, 6.45) is 2.51. The molecule has 0 radical (unpaired) electrons. The maximum absolute atomic E-state index is 3.59. The first-order valence-corrected chi connectivity index (χ1v) is 6.05. The zero-order valence-electron chi connectivity index (χ0n) is 7.19. The van der Waals surface area contributed by atoms with Crippen LogP contribution in [0.15, 0.2) is 27.1 Å². The summed E-state index contributed by atoms with van der Waals surface area (Å²) in [6, 6.07) is 6.76. The van der Waals surface area contributed by atoms with E-state index in [-0.39, 0.29) is 0 Å². The lowest BCUT2D eigenvalue weighted by atomic mass is 10.1. The van der Waals surface area contributed by atoms with Gasteiger partial charge in [0.1, 0.15) is 0 Å². The topological polar surface area (TPSA) is 12.0 Å². The minimum Gasteiger partial charge on any atom is -0.310 e. The Morgan fingerprint density at radius 1 is 1.23 bits per heavy atom. The summed E-state index contributed by atoms with van der Waals surface area (Å²) in [5, 5.41) is 3.49. The number of hydrogen-bond acceptors (Lipinski definition) is 1. The maximum Gasteiger partial charge on any atom is 0.0343 e. The van der Waals surface area contributed by atoms with Crippen molar-refractivity contribution in [2.75, 3.05) is 6.54 Å². The van der Waals surface area contributed by atoms with E-state index in [0.29, 0.717) is 6.04 Å². The Balaban J connectivity index is 2.37. The van der Waals surface area contributed by atoms with Crippen molar-refractivity contribution in [3.05, 3.63) is 32.7 Å². The fraction of sp³-hybridized carbons (Fsp3) is 0.400. The van der Waals surface area contributed by atoms with Crippen LogP contribution in [-0.4, -0.2) is 6.54 Å². The van der Waals surface area contributed by atoms with Crippen LogP contribution in [0.5, 0.6) is 0 Å². The van der Waals surface area contributed by atoms with Crippen molar-refractivity contribution < 1.29 is 0 Å². The molecular weight excluding hydrogens is 294 g/mol. The van der Waals surface area contributed by atoms with Gasteiger partial charge in [0.15, 0.2) is 0 Å². The van der Waals surface area contributed by atoms with Gasteiger partial charge in [-0.2, -0.15) is 0 Å². The minimum absolute atomic E-state index is 0.518. The molecule has 0 spiro atoms. The summed E-state index contributed by atoms with van der Waals surface area (Å²) in [6.45, 7) is 1.14. The normalized spacial score (nSPS) is 22.2. The van der Waals surface area contributed by atoms with Crippen molar-refractivity contribution in [2.45, 2.75) is 18.9 Å². The van der Waals surface area contributed by atoms with E-state index in [1.165, 1.54) is 27.4 Å². The van der Waals surface area contributed by atoms with E-state index in [1.54, 1.807) is 0 Å². The maximum atomic E-state index is 3.59. The molecule has 0 amide bonds. The molecule has 1 aliphatic rings. The Bertz CT molecular complexity index is 286. The lowest BCUT2D eigenvalue weighted by Crippen LogP contribution is -2.13. The van der Waals surface area contributed by atoms with Gasteiger partial charge in [0.25, 0.3) is 0 Å². The minimum atomic E-state index is 0.518. The highest BCUT2D eigenvalue weighted by atomic mass is 79.9. The SMILES string of the molecule is Brc1cccc(Br)c1[C@H]1CCCN1. The van der Waals surface area contributed by atoms with Crippen molar-refractivity contribution in [1.82, 2.24) is 5.32 Å². The fourth-order valence-electron chi connectivity index (χ4n) is 1.77. The van der Waals surface area contributed by atoms with E-state index >= 15 is 0 Å². The first-order chi connectivity index (χ1) is 6.29. The third-order valence-corrected chi connectivity index (χ3v) is 3.79. The Hall–Kier alpha value is 0.140. The van der Waals surface area contributed by atoms with Crippen LogP contribution in [-0.2, 0) is 0 Å². The summed E-state index contributed by atoms with van der Waals surface area (Å²) in [5.41, 5.74) is 1.36. The molecule has 0 unspecified atom stereocenters. The first kappa shape index (κ1) is 9.69. The molecule has 1 heterocycles. The molecule has 3 heteroatoms. The van der Waals surface area contributed by atoms with Crippen molar-refractivity contribution in [1.29, 1.82) is 0 Å². The van der Waals surface area contributed by atoms with Crippen molar-refractivity contribution in [3.63, 3.8) is 0 Å². The highest BCUT2D eigenvalue weighted by Gasteiger charge is 2.20. The van der Waals surface area contributed by atoms with Gasteiger partial charge in [-0.25, -0.2) is 0 Å². The second-order valence-corrected chi connectivity index (χ2v) is 4.99. The Kier molecular flexibility index (Phi) is 3.06. The molecule has 1 saturated heterocycles. The number of benzene rings is 1. The lowest BCUT2D eigenvalue weighted by molar-refractivity contribution is 0.642. The van der Waals surface area contributed by atoms with Gasteiger partial charge in [0.05, 0.1) is 0 Å². The lowest BCUT2D eigenvalue weighted by Gasteiger charge is -2.14. The zero-order chi connectivity index (χ0) is 9.26. The summed E-state index contributed by atoms with van der Waals surface area (Å²) in [7, 11) is 0. The third kappa shape index (κ3) is 1.97. The average molecular weight is 305 g/mol. The zero-order valence-corrected chi connectivity index (χ0v) is 10.4. The first-order valence-electron chi connectivity index (χ1n) is 4.46. The smallest absolute Gasteiger partial charge is 0.0343 e. The molecule has 0 saturated carbocycles. The summed E-state index contributed by atoms with van der Waals surface area (Å²) in [5.74, 6) is 0. The van der Waals surface area contributed by atoms with Gasteiger partial charge in [-0.15, -0.1) is 0 Å². The molecule has 0 bridgehead atoms. The fourth-order valence-corrected chi connectivity index (χ4v) is 3.33. The van der Waals surface area contributed by atoms with Crippen LogP contribution in [0.4, 0.5) is 0 Å². The molecule has 0 aliphatic carbocycles. The quantitative estimate of drug-likeness (QED) is 0.835. The molecule has 1 aromatic rings. The molecular formula is C10H11Br2N. The Morgan fingerprint density at radius 3 is 2.46 bits per heavy atom. The van der Waals surface area contributed by atoms with E-state index < -0.39 is 0 Å². The number of halogens is 2. The number of hydrogen-bond donors (Lipinski definition) is 1. The Morgan fingerprint density at radius 2 is 1.92 bits per heavy atom. The third-order valence-electron chi connectivity index (χ3n) is 2.41. The van der Waals surface area contributed by atoms with Gasteiger partial charge in [0.2, 0.25) is 0 Å². The van der Waals surface area contributed by atoms with Gasteiger partial charge < -0.3 is 5.32 Å². The van der Waals surface area contributed by atoms with Gasteiger partial charge in [-0.1, -0.05) is 37.9 Å². The molecule has 1 nitrogen and oxygen atoms in total. The van der Waals surface area contributed by atoms with Crippen LogP contribution < -0.4 is 5.32 Å². The van der Waals surface area contributed by atoms with Gasteiger partial charge in [-0.05, 0) is 37.1 Å². The van der Waals surface area contributed by atoms with E-state index in [1.807, 2.05) is 6.07 Å². The molecule has 2 rings (SSSR count). The molecule has 1 fully saturated rings. The van der Waals surface area contributed by atoms with Crippen molar-refractivity contribution in [2.24, 2.45) is 0 Å². The number of rotatable bonds is 1. The van der Waals surface area contributed by atoms with Crippen LogP contribution in [0.25, 0.3) is 0 Å². The van der Waals surface area contributed by atoms with Gasteiger partial charge in [-0.3, -0.25) is 0 Å².